The van der Waals surface area contributed by atoms with Crippen LogP contribution in [-0.2, 0) is 0 Å². The van der Waals surface area contributed by atoms with Crippen molar-refractivity contribution in [2.24, 2.45) is 0 Å². The molecule has 0 fully saturated rings. The maximum absolute atomic E-state index is 2.40. The fraction of sp³-hybridized carbons (Fsp3) is 0. The van der Waals surface area contributed by atoms with E-state index in [1.165, 1.54) is 87.2 Å². The Bertz CT molecular complexity index is 3270. The summed E-state index contributed by atoms with van der Waals surface area (Å²) < 4.78 is 0. The lowest BCUT2D eigenvalue weighted by Gasteiger charge is -2.28. The van der Waals surface area contributed by atoms with Gasteiger partial charge in [0, 0.05) is 16.9 Å². The van der Waals surface area contributed by atoms with E-state index in [2.05, 4.69) is 229 Å². The second kappa shape index (κ2) is 13.7. The highest BCUT2D eigenvalue weighted by atomic mass is 15.1. The Kier molecular flexibility index (Phi) is 7.89. The summed E-state index contributed by atoms with van der Waals surface area (Å²) in [7, 11) is 0. The zero-order valence-electron chi connectivity index (χ0n) is 31.3. The molecule has 0 aliphatic rings. The zero-order chi connectivity index (χ0) is 37.7. The number of nitrogens with zero attached hydrogens (tertiary/aromatic N) is 1. The van der Waals surface area contributed by atoms with Gasteiger partial charge in [-0.05, 0) is 118 Å². The minimum Gasteiger partial charge on any atom is -0.310 e. The Hall–Kier alpha value is -7.48. The Morgan fingerprint density at radius 2 is 0.737 bits per heavy atom. The molecule has 0 N–H and O–H groups in total. The molecule has 0 aliphatic carbocycles. The summed E-state index contributed by atoms with van der Waals surface area (Å²) in [6.45, 7) is 0. The number of para-hydroxylation sites is 1. The summed E-state index contributed by atoms with van der Waals surface area (Å²) >= 11 is 0. The topological polar surface area (TPSA) is 3.24 Å². The van der Waals surface area contributed by atoms with Gasteiger partial charge in [-0.25, -0.2) is 0 Å². The van der Waals surface area contributed by atoms with Crippen molar-refractivity contribution in [3.8, 4) is 33.4 Å². The minimum absolute atomic E-state index is 1.10. The normalized spacial score (nSPS) is 11.5. The first kappa shape index (κ1) is 32.9. The number of benzene rings is 11. The molecule has 0 heterocycles. The highest BCUT2D eigenvalue weighted by Crippen LogP contribution is 2.44. The van der Waals surface area contributed by atoms with Crippen molar-refractivity contribution < 1.29 is 0 Å². The standard InChI is InChI=1S/C56H37N/c1-2-13-39(14-3-1)49-20-10-11-24-54(49)57(45-32-27-41(28-33-45)48-23-12-18-38-15-4-7-19-47(38)48)46-34-29-42(30-35-46)53-37-44-17-6-9-22-51(44)56-52(53)36-31-43-26-25-40-16-5-8-21-50(40)55(43)56/h1-37H. The monoisotopic (exact) mass is 723 g/mol. The van der Waals surface area contributed by atoms with Gasteiger partial charge in [-0.2, -0.15) is 0 Å². The van der Waals surface area contributed by atoms with Crippen molar-refractivity contribution in [3.05, 3.63) is 224 Å². The van der Waals surface area contributed by atoms with Crippen LogP contribution in [0.15, 0.2) is 224 Å². The van der Waals surface area contributed by atoms with Crippen LogP contribution >= 0.6 is 0 Å². The Balaban J connectivity index is 1.08. The maximum Gasteiger partial charge on any atom is 0.0540 e. The van der Waals surface area contributed by atoms with Crippen LogP contribution in [0.25, 0.3) is 87.2 Å². The zero-order valence-corrected chi connectivity index (χ0v) is 31.3. The number of fused-ring (bicyclic) bond motifs is 8. The number of rotatable bonds is 6. The van der Waals surface area contributed by atoms with E-state index >= 15 is 0 Å². The van der Waals surface area contributed by atoms with Crippen molar-refractivity contribution in [2.45, 2.75) is 0 Å². The summed E-state index contributed by atoms with van der Waals surface area (Å²) in [4.78, 5) is 2.40. The van der Waals surface area contributed by atoms with E-state index in [-0.39, 0.29) is 0 Å². The SMILES string of the molecule is c1ccc(-c2ccccc2N(c2ccc(-c3cccc4ccccc34)cc2)c2ccc(-c3cc4ccccc4c4c3ccc3ccc5ccccc5c34)cc2)cc1. The van der Waals surface area contributed by atoms with Crippen LogP contribution in [0.1, 0.15) is 0 Å². The molecule has 0 unspecified atom stereocenters. The molecule has 0 saturated carbocycles. The van der Waals surface area contributed by atoms with E-state index in [0.29, 0.717) is 0 Å². The number of anilines is 3. The largest absolute Gasteiger partial charge is 0.310 e. The van der Waals surface area contributed by atoms with E-state index in [9.17, 15) is 0 Å². The first-order chi connectivity index (χ1) is 28.3. The van der Waals surface area contributed by atoms with Crippen LogP contribution in [0, 0.1) is 0 Å². The Morgan fingerprint density at radius 3 is 1.47 bits per heavy atom. The van der Waals surface area contributed by atoms with Crippen molar-refractivity contribution in [1.29, 1.82) is 0 Å². The van der Waals surface area contributed by atoms with Crippen molar-refractivity contribution in [2.75, 3.05) is 4.90 Å². The van der Waals surface area contributed by atoms with Gasteiger partial charge in [0.15, 0.2) is 0 Å². The summed E-state index contributed by atoms with van der Waals surface area (Å²) in [5.74, 6) is 0. The second-order valence-corrected chi connectivity index (χ2v) is 14.9. The minimum atomic E-state index is 1.10. The molecule has 57 heavy (non-hydrogen) atoms. The quantitative estimate of drug-likeness (QED) is 0.154. The van der Waals surface area contributed by atoms with Gasteiger partial charge in [0.2, 0.25) is 0 Å². The maximum atomic E-state index is 2.40. The van der Waals surface area contributed by atoms with Crippen molar-refractivity contribution in [3.63, 3.8) is 0 Å². The molecule has 11 aromatic rings. The molecule has 0 spiro atoms. The molecule has 11 rings (SSSR count). The van der Waals surface area contributed by atoms with Gasteiger partial charge in [-0.3, -0.25) is 0 Å². The van der Waals surface area contributed by atoms with Gasteiger partial charge < -0.3 is 4.90 Å². The molecular weight excluding hydrogens is 687 g/mol. The molecule has 0 aliphatic heterocycles. The molecule has 1 heteroatoms. The summed E-state index contributed by atoms with van der Waals surface area (Å²) in [6, 6.07) is 82.0. The van der Waals surface area contributed by atoms with E-state index in [1.807, 2.05) is 0 Å². The molecular formula is C56H37N. The van der Waals surface area contributed by atoms with Gasteiger partial charge in [-0.1, -0.05) is 188 Å². The smallest absolute Gasteiger partial charge is 0.0540 e. The van der Waals surface area contributed by atoms with E-state index in [1.54, 1.807) is 0 Å². The third-order valence-corrected chi connectivity index (χ3v) is 11.6. The fourth-order valence-electron chi connectivity index (χ4n) is 8.94. The third-order valence-electron chi connectivity index (χ3n) is 11.6. The first-order valence-corrected chi connectivity index (χ1v) is 19.7. The summed E-state index contributed by atoms with van der Waals surface area (Å²) in [6.07, 6.45) is 0. The molecule has 0 radical (unpaired) electrons. The van der Waals surface area contributed by atoms with Crippen LogP contribution in [-0.4, -0.2) is 0 Å². The number of hydrogen-bond acceptors (Lipinski definition) is 1. The van der Waals surface area contributed by atoms with Gasteiger partial charge in [0.25, 0.3) is 0 Å². The van der Waals surface area contributed by atoms with E-state index in [0.717, 1.165) is 17.1 Å². The predicted octanol–water partition coefficient (Wildman–Crippen LogP) is 15.9. The van der Waals surface area contributed by atoms with Crippen LogP contribution < -0.4 is 4.90 Å². The molecule has 0 saturated heterocycles. The molecule has 0 atom stereocenters. The van der Waals surface area contributed by atoms with Gasteiger partial charge >= 0.3 is 0 Å². The van der Waals surface area contributed by atoms with Gasteiger partial charge in [-0.15, -0.1) is 0 Å². The first-order valence-electron chi connectivity index (χ1n) is 19.7. The highest BCUT2D eigenvalue weighted by molar-refractivity contribution is 6.29. The summed E-state index contributed by atoms with van der Waals surface area (Å²) in [5.41, 5.74) is 10.6. The van der Waals surface area contributed by atoms with Crippen LogP contribution in [0.4, 0.5) is 17.1 Å². The van der Waals surface area contributed by atoms with Crippen LogP contribution in [0.2, 0.25) is 0 Å². The van der Waals surface area contributed by atoms with Crippen molar-refractivity contribution >= 4 is 70.9 Å². The molecule has 11 aromatic carbocycles. The lowest BCUT2D eigenvalue weighted by molar-refractivity contribution is 1.28. The van der Waals surface area contributed by atoms with E-state index < -0.39 is 0 Å². The predicted molar refractivity (Wildman–Crippen MR) is 245 cm³/mol. The van der Waals surface area contributed by atoms with Gasteiger partial charge in [0.1, 0.15) is 0 Å². The third kappa shape index (κ3) is 5.63. The Labute approximate surface area is 332 Å². The lowest BCUT2D eigenvalue weighted by atomic mass is 9.88. The lowest BCUT2D eigenvalue weighted by Crippen LogP contribution is -2.11. The Morgan fingerprint density at radius 1 is 0.246 bits per heavy atom. The molecule has 1 nitrogen and oxygen atoms in total. The second-order valence-electron chi connectivity index (χ2n) is 14.9. The van der Waals surface area contributed by atoms with E-state index in [4.69, 9.17) is 0 Å². The van der Waals surface area contributed by atoms with Crippen molar-refractivity contribution in [1.82, 2.24) is 0 Å². The molecule has 0 amide bonds. The molecule has 266 valence electrons. The summed E-state index contributed by atoms with van der Waals surface area (Å²) in [5, 5.41) is 12.7. The number of hydrogen-bond donors (Lipinski definition) is 0. The average Bonchev–Trinajstić information content (AvgIpc) is 3.29. The molecule has 0 bridgehead atoms. The average molecular weight is 724 g/mol. The molecule has 0 aromatic heterocycles. The van der Waals surface area contributed by atoms with Gasteiger partial charge in [0.05, 0.1) is 5.69 Å². The van der Waals surface area contributed by atoms with Crippen LogP contribution in [0.3, 0.4) is 0 Å². The fourth-order valence-corrected chi connectivity index (χ4v) is 8.94. The van der Waals surface area contributed by atoms with Crippen LogP contribution in [0.5, 0.6) is 0 Å². The highest BCUT2D eigenvalue weighted by Gasteiger charge is 2.19.